The lowest BCUT2D eigenvalue weighted by Gasteiger charge is -2.17. The second kappa shape index (κ2) is 8.31. The Bertz CT molecular complexity index is 118. The van der Waals surface area contributed by atoms with Gasteiger partial charge in [0.05, 0.1) is 0 Å². The van der Waals surface area contributed by atoms with Crippen LogP contribution in [0.25, 0.3) is 0 Å². The molecule has 0 aliphatic heterocycles. The van der Waals surface area contributed by atoms with Crippen LogP contribution in [0.2, 0.25) is 0 Å². The van der Waals surface area contributed by atoms with Crippen LogP contribution in [0.4, 0.5) is 0 Å². The van der Waals surface area contributed by atoms with E-state index in [-0.39, 0.29) is 0 Å². The Kier molecular flexibility index (Phi) is 8.11. The van der Waals surface area contributed by atoms with Crippen LogP contribution in [0.5, 0.6) is 0 Å². The molecule has 1 unspecified atom stereocenters. The number of hydrogen-bond donors (Lipinski definition) is 1. The first kappa shape index (κ1) is 12.7. The monoisotopic (exact) mass is 183 g/mol. The lowest BCUT2D eigenvalue weighted by Crippen LogP contribution is -2.28. The molecule has 0 aliphatic carbocycles. The molecule has 0 saturated heterocycles. The zero-order valence-electron chi connectivity index (χ0n) is 9.47. The molecule has 0 aromatic rings. The number of hydrogen-bond acceptors (Lipinski definition) is 1. The second-order valence-corrected chi connectivity index (χ2v) is 4.09. The van der Waals surface area contributed by atoms with Crippen LogP contribution in [0.15, 0.2) is 12.7 Å². The van der Waals surface area contributed by atoms with E-state index in [2.05, 4.69) is 32.7 Å². The van der Waals surface area contributed by atoms with E-state index in [9.17, 15) is 0 Å². The highest BCUT2D eigenvalue weighted by Crippen LogP contribution is 2.10. The Morgan fingerprint density at radius 2 is 1.92 bits per heavy atom. The van der Waals surface area contributed by atoms with E-state index in [4.69, 9.17) is 0 Å². The summed E-state index contributed by atoms with van der Waals surface area (Å²) in [5.41, 5.74) is 0. The third-order valence-corrected chi connectivity index (χ3v) is 2.30. The molecule has 0 bridgehead atoms. The Morgan fingerprint density at radius 3 is 2.38 bits per heavy atom. The SMILES string of the molecule is C=CCCC(CCC(C)C)NCC. The Morgan fingerprint density at radius 1 is 1.23 bits per heavy atom. The van der Waals surface area contributed by atoms with Gasteiger partial charge in [0.25, 0.3) is 0 Å². The van der Waals surface area contributed by atoms with Crippen molar-refractivity contribution in [3.05, 3.63) is 12.7 Å². The quantitative estimate of drug-likeness (QED) is 0.569. The largest absolute Gasteiger partial charge is 0.314 e. The van der Waals surface area contributed by atoms with Crippen molar-refractivity contribution < 1.29 is 0 Å². The van der Waals surface area contributed by atoms with Crippen molar-refractivity contribution in [3.8, 4) is 0 Å². The minimum atomic E-state index is 0.699. The normalized spacial score (nSPS) is 13.2. The first-order valence-electron chi connectivity index (χ1n) is 5.55. The molecule has 0 aromatic heterocycles. The summed E-state index contributed by atoms with van der Waals surface area (Å²) in [5.74, 6) is 0.824. The Balaban J connectivity index is 3.59. The van der Waals surface area contributed by atoms with E-state index in [0.29, 0.717) is 6.04 Å². The molecule has 1 atom stereocenters. The maximum absolute atomic E-state index is 3.76. The molecular weight excluding hydrogens is 158 g/mol. The predicted octanol–water partition coefficient (Wildman–Crippen LogP) is 3.37. The van der Waals surface area contributed by atoms with Crippen molar-refractivity contribution in [1.29, 1.82) is 0 Å². The third-order valence-electron chi connectivity index (χ3n) is 2.30. The molecule has 1 nitrogen and oxygen atoms in total. The summed E-state index contributed by atoms with van der Waals surface area (Å²) in [6, 6.07) is 0.699. The molecule has 0 saturated carbocycles. The molecule has 0 aromatic carbocycles. The summed E-state index contributed by atoms with van der Waals surface area (Å²) in [6.07, 6.45) is 7.02. The topological polar surface area (TPSA) is 12.0 Å². The lowest BCUT2D eigenvalue weighted by atomic mass is 10.00. The van der Waals surface area contributed by atoms with Crippen molar-refractivity contribution in [1.82, 2.24) is 5.32 Å². The van der Waals surface area contributed by atoms with Gasteiger partial charge in [-0.1, -0.05) is 26.8 Å². The van der Waals surface area contributed by atoms with Gasteiger partial charge in [-0.15, -0.1) is 6.58 Å². The van der Waals surface area contributed by atoms with Gasteiger partial charge in [-0.05, 0) is 38.1 Å². The third kappa shape index (κ3) is 8.04. The van der Waals surface area contributed by atoms with Gasteiger partial charge < -0.3 is 5.32 Å². The highest BCUT2D eigenvalue weighted by molar-refractivity contribution is 4.73. The molecule has 0 aliphatic rings. The summed E-state index contributed by atoms with van der Waals surface area (Å²) in [7, 11) is 0. The summed E-state index contributed by atoms with van der Waals surface area (Å²) in [4.78, 5) is 0. The Labute approximate surface area is 83.6 Å². The predicted molar refractivity (Wildman–Crippen MR) is 61.0 cm³/mol. The summed E-state index contributed by atoms with van der Waals surface area (Å²) < 4.78 is 0. The van der Waals surface area contributed by atoms with Gasteiger partial charge in [-0.2, -0.15) is 0 Å². The molecule has 13 heavy (non-hydrogen) atoms. The molecule has 0 heterocycles. The highest BCUT2D eigenvalue weighted by atomic mass is 14.9. The van der Waals surface area contributed by atoms with Crippen LogP contribution >= 0.6 is 0 Å². The van der Waals surface area contributed by atoms with Crippen molar-refractivity contribution in [2.45, 2.75) is 52.5 Å². The van der Waals surface area contributed by atoms with E-state index in [0.717, 1.165) is 18.9 Å². The van der Waals surface area contributed by atoms with Crippen LogP contribution in [0.1, 0.15) is 46.5 Å². The van der Waals surface area contributed by atoms with E-state index in [1.54, 1.807) is 0 Å². The van der Waals surface area contributed by atoms with Crippen molar-refractivity contribution in [2.75, 3.05) is 6.54 Å². The van der Waals surface area contributed by atoms with Gasteiger partial charge in [0, 0.05) is 6.04 Å². The average molecular weight is 183 g/mol. The van der Waals surface area contributed by atoms with E-state index in [1.807, 2.05) is 6.08 Å². The fourth-order valence-electron chi connectivity index (χ4n) is 1.49. The number of nitrogens with one attached hydrogen (secondary N) is 1. The maximum Gasteiger partial charge on any atom is 0.00699 e. The molecular formula is C12H25N. The van der Waals surface area contributed by atoms with Crippen molar-refractivity contribution in [3.63, 3.8) is 0 Å². The van der Waals surface area contributed by atoms with Gasteiger partial charge in [-0.3, -0.25) is 0 Å². The summed E-state index contributed by atoms with van der Waals surface area (Å²) in [5, 5.41) is 3.52. The fourth-order valence-corrected chi connectivity index (χ4v) is 1.49. The smallest absolute Gasteiger partial charge is 0.00699 e. The van der Waals surface area contributed by atoms with Crippen LogP contribution < -0.4 is 5.32 Å². The molecule has 78 valence electrons. The van der Waals surface area contributed by atoms with E-state index < -0.39 is 0 Å². The zero-order valence-corrected chi connectivity index (χ0v) is 9.47. The average Bonchev–Trinajstić information content (AvgIpc) is 2.09. The molecule has 0 rings (SSSR count). The first-order valence-corrected chi connectivity index (χ1v) is 5.55. The lowest BCUT2D eigenvalue weighted by molar-refractivity contribution is 0.419. The number of rotatable bonds is 8. The van der Waals surface area contributed by atoms with Gasteiger partial charge >= 0.3 is 0 Å². The molecule has 0 spiro atoms. The summed E-state index contributed by atoms with van der Waals surface area (Å²) in [6.45, 7) is 11.6. The van der Waals surface area contributed by atoms with Gasteiger partial charge in [-0.25, -0.2) is 0 Å². The number of allylic oxidation sites excluding steroid dienone is 1. The minimum Gasteiger partial charge on any atom is -0.314 e. The molecule has 1 heteroatoms. The zero-order chi connectivity index (χ0) is 10.1. The van der Waals surface area contributed by atoms with Gasteiger partial charge in [0.2, 0.25) is 0 Å². The molecule has 0 radical (unpaired) electrons. The van der Waals surface area contributed by atoms with Gasteiger partial charge in [0.15, 0.2) is 0 Å². The second-order valence-electron chi connectivity index (χ2n) is 4.09. The highest BCUT2D eigenvalue weighted by Gasteiger charge is 2.06. The maximum atomic E-state index is 3.76. The van der Waals surface area contributed by atoms with Crippen molar-refractivity contribution in [2.24, 2.45) is 5.92 Å². The van der Waals surface area contributed by atoms with E-state index in [1.165, 1.54) is 19.3 Å². The van der Waals surface area contributed by atoms with Gasteiger partial charge in [0.1, 0.15) is 0 Å². The molecule has 0 amide bonds. The van der Waals surface area contributed by atoms with Crippen LogP contribution in [-0.4, -0.2) is 12.6 Å². The van der Waals surface area contributed by atoms with E-state index >= 15 is 0 Å². The summed E-state index contributed by atoms with van der Waals surface area (Å²) >= 11 is 0. The van der Waals surface area contributed by atoms with Crippen molar-refractivity contribution >= 4 is 0 Å². The Hall–Kier alpha value is -0.300. The molecule has 0 fully saturated rings. The minimum absolute atomic E-state index is 0.699. The molecule has 1 N–H and O–H groups in total. The van der Waals surface area contributed by atoms with Crippen LogP contribution in [-0.2, 0) is 0 Å². The van der Waals surface area contributed by atoms with Crippen LogP contribution in [0.3, 0.4) is 0 Å². The fraction of sp³-hybridized carbons (Fsp3) is 0.833. The first-order chi connectivity index (χ1) is 6.20. The standard InChI is InChI=1S/C12H25N/c1-5-7-8-12(13-6-2)10-9-11(3)4/h5,11-13H,1,6-10H2,2-4H3. The van der Waals surface area contributed by atoms with Crippen LogP contribution in [0, 0.1) is 5.92 Å².